The molecule has 0 aliphatic carbocycles. The molecule has 0 radical (unpaired) electrons. The predicted octanol–water partition coefficient (Wildman–Crippen LogP) is 5.42. The number of halogens is 1. The average Bonchev–Trinajstić information content (AvgIpc) is 2.47. The summed E-state index contributed by atoms with van der Waals surface area (Å²) in [6.07, 6.45) is 0. The third kappa shape index (κ3) is 2.90. The van der Waals surface area contributed by atoms with Crippen molar-refractivity contribution < 1.29 is 4.74 Å². The maximum absolute atomic E-state index is 5.28. The van der Waals surface area contributed by atoms with Crippen LogP contribution in [0.4, 0.5) is 0 Å². The van der Waals surface area contributed by atoms with Gasteiger partial charge >= 0.3 is 0 Å². The van der Waals surface area contributed by atoms with Crippen LogP contribution in [0.25, 0.3) is 0 Å². The fourth-order valence-corrected chi connectivity index (χ4v) is 3.24. The van der Waals surface area contributed by atoms with E-state index in [4.69, 9.17) is 4.74 Å². The topological polar surface area (TPSA) is 9.23 Å². The molecule has 106 valence electrons. The number of ether oxygens (including phenoxy) is 1. The maximum atomic E-state index is 5.28. The zero-order valence-corrected chi connectivity index (χ0v) is 14.1. The van der Waals surface area contributed by atoms with E-state index < -0.39 is 0 Å². The minimum absolute atomic E-state index is 0.0145. The second-order valence-electron chi connectivity index (χ2n) is 5.67. The van der Waals surface area contributed by atoms with Gasteiger partial charge < -0.3 is 4.74 Å². The minimum Gasteiger partial charge on any atom is -0.497 e. The molecule has 2 aromatic carbocycles. The van der Waals surface area contributed by atoms with E-state index >= 15 is 0 Å². The molecule has 0 amide bonds. The van der Waals surface area contributed by atoms with Crippen LogP contribution >= 0.6 is 15.9 Å². The first kappa shape index (κ1) is 15.1. The van der Waals surface area contributed by atoms with Gasteiger partial charge in [0.05, 0.1) is 7.11 Å². The molecule has 0 heterocycles. The van der Waals surface area contributed by atoms with Crippen LogP contribution in [0, 0.1) is 6.92 Å². The van der Waals surface area contributed by atoms with Crippen LogP contribution in [0.3, 0.4) is 0 Å². The summed E-state index contributed by atoms with van der Waals surface area (Å²) in [5.41, 5.74) is 3.90. The minimum atomic E-state index is 0.0145. The Morgan fingerprint density at radius 1 is 1.05 bits per heavy atom. The molecule has 0 N–H and O–H groups in total. The molecule has 0 aliphatic rings. The van der Waals surface area contributed by atoms with Gasteiger partial charge in [0, 0.05) is 10.2 Å². The number of aryl methyl sites for hydroxylation is 1. The van der Waals surface area contributed by atoms with Crippen LogP contribution in [0.1, 0.15) is 35.4 Å². The van der Waals surface area contributed by atoms with E-state index in [9.17, 15) is 0 Å². The van der Waals surface area contributed by atoms with Crippen molar-refractivity contribution in [3.63, 3.8) is 0 Å². The highest BCUT2D eigenvalue weighted by atomic mass is 79.9. The van der Waals surface area contributed by atoms with Gasteiger partial charge in [-0.1, -0.05) is 66.2 Å². The highest BCUT2D eigenvalue weighted by Crippen LogP contribution is 2.44. The summed E-state index contributed by atoms with van der Waals surface area (Å²) in [6.45, 7) is 6.67. The molecule has 20 heavy (non-hydrogen) atoms. The smallest absolute Gasteiger partial charge is 0.119 e. The van der Waals surface area contributed by atoms with E-state index in [0.717, 1.165) is 5.75 Å². The lowest BCUT2D eigenvalue weighted by molar-refractivity contribution is 0.414. The lowest BCUT2D eigenvalue weighted by Gasteiger charge is -2.32. The summed E-state index contributed by atoms with van der Waals surface area (Å²) in [4.78, 5) is 0.253. The van der Waals surface area contributed by atoms with Gasteiger partial charge in [0.25, 0.3) is 0 Å². The van der Waals surface area contributed by atoms with E-state index in [1.165, 1.54) is 16.7 Å². The first-order valence-corrected chi connectivity index (χ1v) is 7.72. The molecule has 0 fully saturated rings. The van der Waals surface area contributed by atoms with Crippen LogP contribution in [0.2, 0.25) is 0 Å². The number of hydrogen-bond donors (Lipinski definition) is 0. The Balaban J connectivity index is 2.38. The van der Waals surface area contributed by atoms with Gasteiger partial charge in [0.2, 0.25) is 0 Å². The molecule has 0 saturated heterocycles. The predicted molar refractivity (Wildman–Crippen MR) is 88.9 cm³/mol. The lowest BCUT2D eigenvalue weighted by Crippen LogP contribution is -2.23. The Labute approximate surface area is 130 Å². The van der Waals surface area contributed by atoms with E-state index in [2.05, 4.69) is 79.2 Å². The average molecular weight is 333 g/mol. The molecular weight excluding hydrogens is 312 g/mol. The lowest BCUT2D eigenvalue weighted by atomic mass is 9.78. The zero-order chi connectivity index (χ0) is 14.8. The van der Waals surface area contributed by atoms with Crippen molar-refractivity contribution in [3.05, 3.63) is 65.2 Å². The van der Waals surface area contributed by atoms with E-state index in [1.54, 1.807) is 7.11 Å². The van der Waals surface area contributed by atoms with Crippen molar-refractivity contribution >= 4 is 15.9 Å². The fourth-order valence-electron chi connectivity index (χ4n) is 2.46. The molecule has 0 spiro atoms. The molecular formula is C18H21BrO. The zero-order valence-electron chi connectivity index (χ0n) is 12.5. The Morgan fingerprint density at radius 2 is 1.70 bits per heavy atom. The van der Waals surface area contributed by atoms with Gasteiger partial charge in [-0.25, -0.2) is 0 Å². The Kier molecular flexibility index (Phi) is 4.54. The monoisotopic (exact) mass is 332 g/mol. The molecule has 2 aromatic rings. The number of methoxy groups -OCH3 is 1. The summed E-state index contributed by atoms with van der Waals surface area (Å²) >= 11 is 3.90. The van der Waals surface area contributed by atoms with Gasteiger partial charge in [-0.3, -0.25) is 0 Å². The molecule has 2 rings (SSSR count). The largest absolute Gasteiger partial charge is 0.497 e. The highest BCUT2D eigenvalue weighted by molar-refractivity contribution is 9.09. The highest BCUT2D eigenvalue weighted by Gasteiger charge is 2.31. The van der Waals surface area contributed by atoms with Crippen molar-refractivity contribution in [1.82, 2.24) is 0 Å². The quantitative estimate of drug-likeness (QED) is 0.679. The van der Waals surface area contributed by atoms with E-state index in [-0.39, 0.29) is 10.2 Å². The Morgan fingerprint density at radius 3 is 2.25 bits per heavy atom. The van der Waals surface area contributed by atoms with Gasteiger partial charge in [-0.2, -0.15) is 0 Å². The standard InChI is InChI=1S/C18H21BrO/c1-13-12-15(20-4)10-11-16(13)17(19)18(2,3)14-8-6-5-7-9-14/h5-12,17H,1-4H3. The second-order valence-corrected chi connectivity index (χ2v) is 6.59. The molecule has 2 heteroatoms. The molecule has 0 aromatic heterocycles. The number of alkyl halides is 1. The molecule has 0 bridgehead atoms. The molecule has 1 unspecified atom stereocenters. The van der Waals surface area contributed by atoms with Gasteiger partial charge in [0.1, 0.15) is 5.75 Å². The molecule has 0 saturated carbocycles. The molecule has 0 aliphatic heterocycles. The summed E-state index contributed by atoms with van der Waals surface area (Å²) < 4.78 is 5.28. The molecule has 1 nitrogen and oxygen atoms in total. The van der Waals surface area contributed by atoms with Crippen LogP contribution in [0.5, 0.6) is 5.75 Å². The van der Waals surface area contributed by atoms with E-state index in [0.29, 0.717) is 0 Å². The summed E-state index contributed by atoms with van der Waals surface area (Å²) in [5.74, 6) is 0.906. The van der Waals surface area contributed by atoms with Crippen molar-refractivity contribution in [3.8, 4) is 5.75 Å². The van der Waals surface area contributed by atoms with Crippen LogP contribution in [0.15, 0.2) is 48.5 Å². The van der Waals surface area contributed by atoms with Crippen LogP contribution in [-0.4, -0.2) is 7.11 Å². The second kappa shape index (κ2) is 6.01. The van der Waals surface area contributed by atoms with Crippen LogP contribution in [-0.2, 0) is 5.41 Å². The summed E-state index contributed by atoms with van der Waals surface area (Å²) in [7, 11) is 1.70. The van der Waals surface area contributed by atoms with Crippen LogP contribution < -0.4 is 4.74 Å². The third-order valence-corrected chi connectivity index (χ3v) is 5.54. The van der Waals surface area contributed by atoms with Gasteiger partial charge in [0.15, 0.2) is 0 Å². The Bertz CT molecular complexity index is 575. The fraction of sp³-hybridized carbons (Fsp3) is 0.333. The van der Waals surface area contributed by atoms with Crippen molar-refractivity contribution in [2.75, 3.05) is 7.11 Å². The van der Waals surface area contributed by atoms with Crippen molar-refractivity contribution in [2.45, 2.75) is 31.0 Å². The first-order valence-electron chi connectivity index (χ1n) is 6.81. The van der Waals surface area contributed by atoms with E-state index in [1.807, 2.05) is 6.07 Å². The number of rotatable bonds is 4. The van der Waals surface area contributed by atoms with Crippen molar-refractivity contribution in [1.29, 1.82) is 0 Å². The SMILES string of the molecule is COc1ccc(C(Br)C(C)(C)c2ccccc2)c(C)c1. The molecule has 1 atom stereocenters. The van der Waals surface area contributed by atoms with Crippen molar-refractivity contribution in [2.24, 2.45) is 0 Å². The normalized spacial score (nSPS) is 13.1. The van der Waals surface area contributed by atoms with Gasteiger partial charge in [-0.15, -0.1) is 0 Å². The number of benzene rings is 2. The van der Waals surface area contributed by atoms with Gasteiger partial charge in [-0.05, 0) is 35.7 Å². The first-order chi connectivity index (χ1) is 9.46. The Hall–Kier alpha value is -1.28. The maximum Gasteiger partial charge on any atom is 0.119 e. The summed E-state index contributed by atoms with van der Waals surface area (Å²) in [5, 5.41) is 0. The number of hydrogen-bond acceptors (Lipinski definition) is 1. The third-order valence-electron chi connectivity index (χ3n) is 3.90. The summed E-state index contributed by atoms with van der Waals surface area (Å²) in [6, 6.07) is 16.9.